The number of rotatable bonds is 5. The van der Waals surface area contributed by atoms with Gasteiger partial charge in [-0.05, 0) is 24.5 Å². The average Bonchev–Trinajstić information content (AvgIpc) is 3.10. The highest BCUT2D eigenvalue weighted by atomic mass is 16.5. The Bertz CT molecular complexity index is 689. The summed E-state index contributed by atoms with van der Waals surface area (Å²) in [4.78, 5) is 12.3. The predicted molar refractivity (Wildman–Crippen MR) is 96.1 cm³/mol. The van der Waals surface area contributed by atoms with Crippen molar-refractivity contribution < 1.29 is 14.6 Å². The van der Waals surface area contributed by atoms with Gasteiger partial charge in [0, 0.05) is 6.61 Å². The Kier molecular flexibility index (Phi) is 5.36. The van der Waals surface area contributed by atoms with Crippen LogP contribution in [0.15, 0.2) is 60.7 Å². The fourth-order valence-corrected chi connectivity index (χ4v) is 3.08. The van der Waals surface area contributed by atoms with Gasteiger partial charge >= 0.3 is 6.03 Å². The fraction of sp³-hybridized carbons (Fsp3) is 0.350. The van der Waals surface area contributed by atoms with E-state index in [1.54, 1.807) is 6.92 Å². The van der Waals surface area contributed by atoms with Crippen LogP contribution in [0, 0.1) is 0 Å². The van der Waals surface area contributed by atoms with Crippen LogP contribution < -0.4 is 10.6 Å². The van der Waals surface area contributed by atoms with E-state index < -0.39 is 5.60 Å². The molecule has 2 amide bonds. The first-order valence-electron chi connectivity index (χ1n) is 8.55. The van der Waals surface area contributed by atoms with Crippen LogP contribution in [0.5, 0.6) is 0 Å². The molecule has 0 spiro atoms. The lowest BCUT2D eigenvalue weighted by atomic mass is 9.96. The normalized spacial score (nSPS) is 22.2. The summed E-state index contributed by atoms with van der Waals surface area (Å²) in [7, 11) is 0. The van der Waals surface area contributed by atoms with Gasteiger partial charge < -0.3 is 20.5 Å². The summed E-state index contributed by atoms with van der Waals surface area (Å²) in [6.07, 6.45) is 0.629. The Labute approximate surface area is 148 Å². The monoisotopic (exact) mass is 340 g/mol. The zero-order valence-corrected chi connectivity index (χ0v) is 14.3. The number of amides is 2. The lowest BCUT2D eigenvalue weighted by Crippen LogP contribution is -2.47. The van der Waals surface area contributed by atoms with Crippen molar-refractivity contribution in [3.05, 3.63) is 71.8 Å². The maximum Gasteiger partial charge on any atom is 0.315 e. The number of hydrogen-bond acceptors (Lipinski definition) is 3. The van der Waals surface area contributed by atoms with Gasteiger partial charge in [0.2, 0.25) is 0 Å². The van der Waals surface area contributed by atoms with Gasteiger partial charge in [-0.25, -0.2) is 4.79 Å². The molecular formula is C20H24N2O3. The van der Waals surface area contributed by atoms with Crippen molar-refractivity contribution in [2.45, 2.75) is 31.1 Å². The van der Waals surface area contributed by atoms with E-state index in [2.05, 4.69) is 10.6 Å². The zero-order valence-electron chi connectivity index (χ0n) is 14.3. The summed E-state index contributed by atoms with van der Waals surface area (Å²) >= 11 is 0. The Morgan fingerprint density at radius 2 is 1.80 bits per heavy atom. The highest BCUT2D eigenvalue weighted by molar-refractivity contribution is 5.74. The summed E-state index contributed by atoms with van der Waals surface area (Å²) in [5.74, 6) is 0. The Hall–Kier alpha value is -2.37. The number of carbonyl (C=O) groups excluding carboxylic acids is 1. The highest BCUT2D eigenvalue weighted by Gasteiger charge is 2.31. The van der Waals surface area contributed by atoms with E-state index in [0.29, 0.717) is 6.61 Å². The van der Waals surface area contributed by atoms with Crippen molar-refractivity contribution >= 4 is 6.03 Å². The molecule has 5 heteroatoms. The van der Waals surface area contributed by atoms with Gasteiger partial charge in [0.1, 0.15) is 11.7 Å². The SMILES string of the molecule is C[C@](O)(CNC(=O)N[C@@H]1CCO[C@@H]1c1ccccc1)c1ccccc1. The van der Waals surface area contributed by atoms with Crippen molar-refractivity contribution in [2.24, 2.45) is 0 Å². The Morgan fingerprint density at radius 1 is 1.16 bits per heavy atom. The third-order valence-electron chi connectivity index (χ3n) is 4.53. The van der Waals surface area contributed by atoms with Crippen LogP contribution in [0.1, 0.15) is 30.6 Å². The quantitative estimate of drug-likeness (QED) is 0.784. The molecule has 0 saturated carbocycles. The third kappa shape index (κ3) is 4.38. The molecule has 1 fully saturated rings. The summed E-state index contributed by atoms with van der Waals surface area (Å²) in [6, 6.07) is 18.8. The maximum absolute atomic E-state index is 12.3. The molecule has 0 aromatic heterocycles. The van der Waals surface area contributed by atoms with E-state index in [4.69, 9.17) is 4.74 Å². The standard InChI is InChI=1S/C20H24N2O3/c1-20(24,16-10-6-3-7-11-16)14-21-19(23)22-17-12-13-25-18(17)15-8-4-2-5-9-15/h2-11,17-18,24H,12-14H2,1H3,(H2,21,22,23)/t17-,18-,20+/m1/s1. The molecule has 0 unspecified atom stereocenters. The Balaban J connectivity index is 1.55. The molecule has 1 aliphatic rings. The largest absolute Gasteiger partial charge is 0.384 e. The second-order valence-electron chi connectivity index (χ2n) is 6.56. The number of ether oxygens (including phenoxy) is 1. The molecule has 0 bridgehead atoms. The van der Waals surface area contributed by atoms with Crippen molar-refractivity contribution in [1.29, 1.82) is 0 Å². The molecule has 5 nitrogen and oxygen atoms in total. The zero-order chi connectivity index (χ0) is 17.7. The number of carbonyl (C=O) groups is 1. The molecule has 1 saturated heterocycles. The third-order valence-corrected chi connectivity index (χ3v) is 4.53. The molecule has 3 atom stereocenters. The molecule has 0 aliphatic carbocycles. The molecule has 0 radical (unpaired) electrons. The molecule has 1 aliphatic heterocycles. The first-order valence-corrected chi connectivity index (χ1v) is 8.55. The molecule has 132 valence electrons. The van der Waals surface area contributed by atoms with Crippen LogP contribution in [0.3, 0.4) is 0 Å². The first-order chi connectivity index (χ1) is 12.1. The van der Waals surface area contributed by atoms with Gasteiger partial charge in [-0.1, -0.05) is 60.7 Å². The minimum absolute atomic E-state index is 0.0796. The van der Waals surface area contributed by atoms with Crippen LogP contribution >= 0.6 is 0 Å². The smallest absolute Gasteiger partial charge is 0.315 e. The van der Waals surface area contributed by atoms with E-state index in [9.17, 15) is 9.90 Å². The number of urea groups is 1. The number of nitrogens with one attached hydrogen (secondary N) is 2. The van der Waals surface area contributed by atoms with Gasteiger partial charge in [0.15, 0.2) is 0 Å². The minimum atomic E-state index is -1.12. The van der Waals surface area contributed by atoms with Gasteiger partial charge in [-0.2, -0.15) is 0 Å². The van der Waals surface area contributed by atoms with Crippen LogP contribution in [0.4, 0.5) is 4.79 Å². The minimum Gasteiger partial charge on any atom is -0.384 e. The molecule has 1 heterocycles. The van der Waals surface area contributed by atoms with E-state index in [-0.39, 0.29) is 24.7 Å². The Morgan fingerprint density at radius 3 is 2.48 bits per heavy atom. The van der Waals surface area contributed by atoms with E-state index in [0.717, 1.165) is 17.5 Å². The van der Waals surface area contributed by atoms with Crippen LogP contribution in [-0.4, -0.2) is 30.3 Å². The molecule has 2 aromatic rings. The number of benzene rings is 2. The summed E-state index contributed by atoms with van der Waals surface area (Å²) in [5.41, 5.74) is 0.701. The number of hydrogen-bond donors (Lipinski definition) is 3. The van der Waals surface area contributed by atoms with Crippen LogP contribution in [0.2, 0.25) is 0 Å². The van der Waals surface area contributed by atoms with Crippen LogP contribution in [-0.2, 0) is 10.3 Å². The average molecular weight is 340 g/mol. The lowest BCUT2D eigenvalue weighted by Gasteiger charge is -2.25. The van der Waals surface area contributed by atoms with Gasteiger partial charge in [-0.15, -0.1) is 0 Å². The molecule has 3 rings (SSSR count). The van der Waals surface area contributed by atoms with Crippen molar-refractivity contribution in [3.63, 3.8) is 0 Å². The number of aliphatic hydroxyl groups is 1. The summed E-state index contributed by atoms with van der Waals surface area (Å²) in [5, 5.41) is 16.3. The second kappa shape index (κ2) is 7.68. The van der Waals surface area contributed by atoms with E-state index in [1.165, 1.54) is 0 Å². The topological polar surface area (TPSA) is 70.6 Å². The molecule has 2 aromatic carbocycles. The first kappa shape index (κ1) is 17.5. The maximum atomic E-state index is 12.3. The van der Waals surface area contributed by atoms with Gasteiger partial charge in [0.25, 0.3) is 0 Å². The van der Waals surface area contributed by atoms with E-state index in [1.807, 2.05) is 60.7 Å². The highest BCUT2D eigenvalue weighted by Crippen LogP contribution is 2.28. The lowest BCUT2D eigenvalue weighted by molar-refractivity contribution is 0.0588. The molecule has 25 heavy (non-hydrogen) atoms. The predicted octanol–water partition coefficient (Wildman–Crippen LogP) is 2.72. The fourth-order valence-electron chi connectivity index (χ4n) is 3.08. The van der Waals surface area contributed by atoms with Crippen molar-refractivity contribution in [2.75, 3.05) is 13.2 Å². The molecule has 3 N–H and O–H groups in total. The second-order valence-corrected chi connectivity index (χ2v) is 6.56. The van der Waals surface area contributed by atoms with Gasteiger partial charge in [-0.3, -0.25) is 0 Å². The van der Waals surface area contributed by atoms with Crippen LogP contribution in [0.25, 0.3) is 0 Å². The van der Waals surface area contributed by atoms with Gasteiger partial charge in [0.05, 0.1) is 12.6 Å². The van der Waals surface area contributed by atoms with Crippen molar-refractivity contribution in [1.82, 2.24) is 10.6 Å². The molecular weight excluding hydrogens is 316 g/mol. The van der Waals surface area contributed by atoms with E-state index >= 15 is 0 Å². The van der Waals surface area contributed by atoms with Crippen molar-refractivity contribution in [3.8, 4) is 0 Å². The summed E-state index contributed by atoms with van der Waals surface area (Å²) in [6.45, 7) is 2.44. The summed E-state index contributed by atoms with van der Waals surface area (Å²) < 4.78 is 5.78.